The molecule has 0 bridgehead atoms. The Labute approximate surface area is 233 Å². The highest BCUT2D eigenvalue weighted by Crippen LogP contribution is 2.25. The van der Waals surface area contributed by atoms with Gasteiger partial charge in [-0.3, -0.25) is 14.5 Å². The summed E-state index contributed by atoms with van der Waals surface area (Å²) in [6.45, 7) is 0.319. The number of hydrogen-bond acceptors (Lipinski definition) is 4. The van der Waals surface area contributed by atoms with Crippen LogP contribution in [0.2, 0.25) is 0 Å². The number of carbonyl (C=O) groups excluding carboxylic acids is 3. The number of rotatable bonds is 8. The van der Waals surface area contributed by atoms with Gasteiger partial charge >= 0.3 is 6.09 Å². The standard InChI is InChI=1S/C33H31N3O4/c34-31(37)29(19-23-15-17-26(18-16-23)25-11-5-2-6-12-25)35-32(38)30-20-27-13-7-8-14-28(27)21-36(30)33(39)40-22-24-9-3-1-4-10-24/h1-18,29-30H,19-22H2,(H2,34,37)(H,35,38)/t29-,30+/m1/s1. The minimum Gasteiger partial charge on any atom is -0.445 e. The van der Waals surface area contributed by atoms with Crippen LogP contribution in [0.1, 0.15) is 22.3 Å². The van der Waals surface area contributed by atoms with Gasteiger partial charge in [-0.1, -0.05) is 109 Å². The van der Waals surface area contributed by atoms with Gasteiger partial charge in [-0.25, -0.2) is 4.79 Å². The van der Waals surface area contributed by atoms with Crippen molar-refractivity contribution in [1.82, 2.24) is 10.2 Å². The summed E-state index contributed by atoms with van der Waals surface area (Å²) < 4.78 is 5.57. The number of primary amides is 1. The first-order chi connectivity index (χ1) is 19.5. The molecule has 1 heterocycles. The Balaban J connectivity index is 1.30. The fourth-order valence-corrected chi connectivity index (χ4v) is 4.94. The molecule has 0 aliphatic carbocycles. The largest absolute Gasteiger partial charge is 0.445 e. The highest BCUT2D eigenvalue weighted by molar-refractivity contribution is 5.91. The molecular weight excluding hydrogens is 502 g/mol. The van der Waals surface area contributed by atoms with Crippen molar-refractivity contribution in [2.45, 2.75) is 38.1 Å². The van der Waals surface area contributed by atoms with Crippen molar-refractivity contribution >= 4 is 17.9 Å². The van der Waals surface area contributed by atoms with Crippen LogP contribution in [0.5, 0.6) is 0 Å². The Bertz CT molecular complexity index is 1470. The number of amides is 3. The molecule has 0 radical (unpaired) electrons. The van der Waals surface area contributed by atoms with Crippen LogP contribution in [0.25, 0.3) is 11.1 Å². The first-order valence-electron chi connectivity index (χ1n) is 13.3. The van der Waals surface area contributed by atoms with Crippen LogP contribution in [0.15, 0.2) is 109 Å². The van der Waals surface area contributed by atoms with Gasteiger partial charge in [0.25, 0.3) is 0 Å². The minimum atomic E-state index is -0.936. The molecule has 7 heteroatoms. The summed E-state index contributed by atoms with van der Waals surface area (Å²) >= 11 is 0. The minimum absolute atomic E-state index is 0.0923. The Morgan fingerprint density at radius 2 is 1.38 bits per heavy atom. The lowest BCUT2D eigenvalue weighted by molar-refractivity contribution is -0.131. The molecule has 0 aromatic heterocycles. The van der Waals surface area contributed by atoms with E-state index >= 15 is 0 Å². The van der Waals surface area contributed by atoms with E-state index in [1.165, 1.54) is 4.90 Å². The fourth-order valence-electron chi connectivity index (χ4n) is 4.94. The number of fused-ring (bicyclic) bond motifs is 1. The van der Waals surface area contributed by atoms with Crippen molar-refractivity contribution in [2.75, 3.05) is 0 Å². The zero-order chi connectivity index (χ0) is 27.9. The van der Waals surface area contributed by atoms with Gasteiger partial charge in [0.05, 0.1) is 6.54 Å². The van der Waals surface area contributed by atoms with E-state index < -0.39 is 30.0 Å². The van der Waals surface area contributed by atoms with Gasteiger partial charge in [-0.2, -0.15) is 0 Å². The third-order valence-corrected chi connectivity index (χ3v) is 7.15. The van der Waals surface area contributed by atoms with Gasteiger partial charge in [0.15, 0.2) is 0 Å². The lowest BCUT2D eigenvalue weighted by Crippen LogP contribution is -2.56. The Morgan fingerprint density at radius 3 is 2.05 bits per heavy atom. The zero-order valence-corrected chi connectivity index (χ0v) is 22.0. The fraction of sp³-hybridized carbons (Fsp3) is 0.182. The maximum atomic E-state index is 13.6. The van der Waals surface area contributed by atoms with E-state index in [1.54, 1.807) is 0 Å². The number of benzene rings is 4. The number of nitrogens with zero attached hydrogens (tertiary/aromatic N) is 1. The molecule has 4 aromatic carbocycles. The maximum Gasteiger partial charge on any atom is 0.411 e. The molecule has 1 aliphatic heterocycles. The number of carbonyl (C=O) groups is 3. The van der Waals surface area contributed by atoms with Crippen molar-refractivity contribution < 1.29 is 19.1 Å². The first kappa shape index (κ1) is 26.7. The lowest BCUT2D eigenvalue weighted by Gasteiger charge is -2.35. The van der Waals surface area contributed by atoms with Crippen LogP contribution in [-0.2, 0) is 40.3 Å². The summed E-state index contributed by atoms with van der Waals surface area (Å²) in [7, 11) is 0. The predicted molar refractivity (Wildman–Crippen MR) is 153 cm³/mol. The third kappa shape index (κ3) is 6.38. The van der Waals surface area contributed by atoms with Gasteiger partial charge < -0.3 is 15.8 Å². The molecule has 0 saturated carbocycles. The molecule has 5 rings (SSSR count). The molecule has 3 amide bonds. The molecule has 3 N–H and O–H groups in total. The average Bonchev–Trinajstić information content (AvgIpc) is 3.00. The number of ether oxygens (including phenoxy) is 1. The molecule has 202 valence electrons. The van der Waals surface area contributed by atoms with Gasteiger partial charge in [0.1, 0.15) is 18.7 Å². The van der Waals surface area contributed by atoms with E-state index in [0.29, 0.717) is 6.42 Å². The number of nitrogens with one attached hydrogen (secondary N) is 1. The monoisotopic (exact) mass is 533 g/mol. The Kier molecular flexibility index (Phi) is 8.21. The number of nitrogens with two attached hydrogens (primary N) is 1. The van der Waals surface area contributed by atoms with Crippen LogP contribution in [0.4, 0.5) is 4.79 Å². The first-order valence-corrected chi connectivity index (χ1v) is 13.3. The highest BCUT2D eigenvalue weighted by Gasteiger charge is 2.37. The molecule has 0 unspecified atom stereocenters. The van der Waals surface area contributed by atoms with Crippen molar-refractivity contribution in [2.24, 2.45) is 5.73 Å². The second-order valence-corrected chi connectivity index (χ2v) is 9.89. The lowest BCUT2D eigenvalue weighted by atomic mass is 9.93. The second kappa shape index (κ2) is 12.3. The zero-order valence-electron chi connectivity index (χ0n) is 22.0. The Hall–Kier alpha value is -4.91. The maximum absolute atomic E-state index is 13.6. The van der Waals surface area contributed by atoms with Gasteiger partial charge in [-0.15, -0.1) is 0 Å². The highest BCUT2D eigenvalue weighted by atomic mass is 16.6. The van der Waals surface area contributed by atoms with Gasteiger partial charge in [-0.05, 0) is 33.4 Å². The van der Waals surface area contributed by atoms with Crippen LogP contribution in [0, 0.1) is 0 Å². The van der Waals surface area contributed by atoms with Crippen LogP contribution >= 0.6 is 0 Å². The van der Waals surface area contributed by atoms with Crippen molar-refractivity contribution in [3.63, 3.8) is 0 Å². The molecule has 40 heavy (non-hydrogen) atoms. The predicted octanol–water partition coefficient (Wildman–Crippen LogP) is 4.63. The summed E-state index contributed by atoms with van der Waals surface area (Å²) in [5.41, 5.74) is 11.5. The van der Waals surface area contributed by atoms with E-state index in [1.807, 2.05) is 109 Å². The molecule has 2 atom stereocenters. The Morgan fingerprint density at radius 1 is 0.775 bits per heavy atom. The molecule has 0 fully saturated rings. The molecule has 0 saturated heterocycles. The van der Waals surface area contributed by atoms with Crippen LogP contribution < -0.4 is 11.1 Å². The van der Waals surface area contributed by atoms with Crippen LogP contribution in [0.3, 0.4) is 0 Å². The normalized spacial score (nSPS) is 15.0. The summed E-state index contributed by atoms with van der Waals surface area (Å²) in [5.74, 6) is -1.09. The van der Waals surface area contributed by atoms with Crippen molar-refractivity contribution in [3.8, 4) is 11.1 Å². The summed E-state index contributed by atoms with van der Waals surface area (Å²) in [6.07, 6.45) is -0.0527. The second-order valence-electron chi connectivity index (χ2n) is 9.89. The molecule has 0 spiro atoms. The molecule has 7 nitrogen and oxygen atoms in total. The van der Waals surface area contributed by atoms with Crippen molar-refractivity contribution in [1.29, 1.82) is 0 Å². The summed E-state index contributed by atoms with van der Waals surface area (Å²) in [4.78, 5) is 40.6. The molecule has 1 aliphatic rings. The summed E-state index contributed by atoms with van der Waals surface area (Å²) in [5, 5.41) is 2.81. The quantitative estimate of drug-likeness (QED) is 0.345. The van der Waals surface area contributed by atoms with Gasteiger partial charge in [0.2, 0.25) is 11.8 Å². The van der Waals surface area contributed by atoms with E-state index in [4.69, 9.17) is 10.5 Å². The van der Waals surface area contributed by atoms with E-state index in [-0.39, 0.29) is 19.6 Å². The van der Waals surface area contributed by atoms with Gasteiger partial charge in [0, 0.05) is 12.8 Å². The summed E-state index contributed by atoms with van der Waals surface area (Å²) in [6, 6.07) is 33.1. The van der Waals surface area contributed by atoms with E-state index in [2.05, 4.69) is 5.32 Å². The molecular formula is C33H31N3O4. The topological polar surface area (TPSA) is 102 Å². The molecule has 4 aromatic rings. The van der Waals surface area contributed by atoms with E-state index in [9.17, 15) is 14.4 Å². The van der Waals surface area contributed by atoms with E-state index in [0.717, 1.165) is 33.4 Å². The SMILES string of the molecule is NC(=O)[C@@H](Cc1ccc(-c2ccccc2)cc1)NC(=O)[C@@H]1Cc2ccccc2CN1C(=O)OCc1ccccc1. The van der Waals surface area contributed by atoms with Crippen LogP contribution in [-0.4, -0.2) is 34.9 Å². The van der Waals surface area contributed by atoms with Crippen molar-refractivity contribution in [3.05, 3.63) is 131 Å². The average molecular weight is 534 g/mol. The number of hydrogen-bond donors (Lipinski definition) is 2. The third-order valence-electron chi connectivity index (χ3n) is 7.15. The smallest absolute Gasteiger partial charge is 0.411 e.